The standard InChI is InChI=1S/C12H17BrN4O2/c1-7(2)10(14)12(19)16-6-9(18)17-8-4-3-5-15-11(8)13/h3-5,7,10H,6,14H2,1-2H3,(H,16,19)(H,17,18)/t10-/m0/s1. The summed E-state index contributed by atoms with van der Waals surface area (Å²) >= 11 is 3.21. The first-order valence-electron chi connectivity index (χ1n) is 5.85. The van der Waals surface area contributed by atoms with Crippen molar-refractivity contribution in [2.75, 3.05) is 11.9 Å². The Hall–Kier alpha value is -1.47. The van der Waals surface area contributed by atoms with Gasteiger partial charge in [0.2, 0.25) is 11.8 Å². The zero-order valence-corrected chi connectivity index (χ0v) is 12.4. The van der Waals surface area contributed by atoms with Crippen LogP contribution in [-0.4, -0.2) is 29.4 Å². The molecule has 0 aliphatic carbocycles. The number of aromatic nitrogens is 1. The molecule has 7 heteroatoms. The van der Waals surface area contributed by atoms with Gasteiger partial charge < -0.3 is 16.4 Å². The summed E-state index contributed by atoms with van der Waals surface area (Å²) in [5.41, 5.74) is 6.21. The van der Waals surface area contributed by atoms with Gasteiger partial charge in [-0.3, -0.25) is 9.59 Å². The molecule has 104 valence electrons. The Morgan fingerprint density at radius 1 is 1.47 bits per heavy atom. The first-order chi connectivity index (χ1) is 8.91. The molecular formula is C12H17BrN4O2. The van der Waals surface area contributed by atoms with Crippen LogP contribution >= 0.6 is 15.9 Å². The lowest BCUT2D eigenvalue weighted by Crippen LogP contribution is -2.46. The fourth-order valence-electron chi connectivity index (χ4n) is 1.26. The predicted octanol–water partition coefficient (Wildman–Crippen LogP) is 0.882. The van der Waals surface area contributed by atoms with Gasteiger partial charge in [0.25, 0.3) is 0 Å². The Labute approximate surface area is 120 Å². The Bertz CT molecular complexity index is 465. The van der Waals surface area contributed by atoms with Crippen molar-refractivity contribution in [3.63, 3.8) is 0 Å². The van der Waals surface area contributed by atoms with Crippen molar-refractivity contribution in [1.29, 1.82) is 0 Å². The van der Waals surface area contributed by atoms with E-state index in [9.17, 15) is 9.59 Å². The Morgan fingerprint density at radius 2 is 2.16 bits per heavy atom. The van der Waals surface area contributed by atoms with Crippen molar-refractivity contribution in [3.8, 4) is 0 Å². The first kappa shape index (κ1) is 15.6. The highest BCUT2D eigenvalue weighted by atomic mass is 79.9. The van der Waals surface area contributed by atoms with Crippen LogP contribution in [0.1, 0.15) is 13.8 Å². The minimum absolute atomic E-state index is 0.0236. The molecule has 0 aliphatic rings. The number of pyridine rings is 1. The summed E-state index contributed by atoms with van der Waals surface area (Å²) in [5, 5.41) is 5.12. The van der Waals surface area contributed by atoms with Gasteiger partial charge in [0.1, 0.15) is 4.60 Å². The van der Waals surface area contributed by atoms with E-state index in [4.69, 9.17) is 5.73 Å². The van der Waals surface area contributed by atoms with E-state index in [-0.39, 0.29) is 24.3 Å². The van der Waals surface area contributed by atoms with Gasteiger partial charge in [0, 0.05) is 6.20 Å². The largest absolute Gasteiger partial charge is 0.346 e. The lowest BCUT2D eigenvalue weighted by atomic mass is 10.1. The van der Waals surface area contributed by atoms with Crippen LogP contribution < -0.4 is 16.4 Å². The van der Waals surface area contributed by atoms with Crippen LogP contribution in [0.5, 0.6) is 0 Å². The molecule has 0 saturated carbocycles. The molecule has 0 aliphatic heterocycles. The van der Waals surface area contributed by atoms with Crippen molar-refractivity contribution >= 4 is 33.4 Å². The predicted molar refractivity (Wildman–Crippen MR) is 76.4 cm³/mol. The van der Waals surface area contributed by atoms with Crippen molar-refractivity contribution in [3.05, 3.63) is 22.9 Å². The normalized spacial score (nSPS) is 12.1. The Morgan fingerprint density at radius 3 is 2.74 bits per heavy atom. The third kappa shape index (κ3) is 4.96. The molecule has 1 aromatic rings. The van der Waals surface area contributed by atoms with E-state index < -0.39 is 6.04 Å². The maximum Gasteiger partial charge on any atom is 0.243 e. The number of carbonyl (C=O) groups is 2. The minimum atomic E-state index is -0.613. The number of rotatable bonds is 5. The van der Waals surface area contributed by atoms with E-state index in [0.29, 0.717) is 10.3 Å². The van der Waals surface area contributed by atoms with Gasteiger partial charge >= 0.3 is 0 Å². The molecule has 0 radical (unpaired) electrons. The third-order valence-corrected chi connectivity index (χ3v) is 3.11. The molecule has 2 amide bonds. The molecule has 1 atom stereocenters. The maximum atomic E-state index is 11.6. The Balaban J connectivity index is 2.45. The molecule has 0 saturated heterocycles. The average molecular weight is 329 g/mol. The first-order valence-corrected chi connectivity index (χ1v) is 6.64. The highest BCUT2D eigenvalue weighted by molar-refractivity contribution is 9.10. The van der Waals surface area contributed by atoms with Gasteiger partial charge in [0.15, 0.2) is 0 Å². The highest BCUT2D eigenvalue weighted by Crippen LogP contribution is 2.17. The molecule has 0 unspecified atom stereocenters. The number of carbonyl (C=O) groups excluding carboxylic acids is 2. The molecule has 1 heterocycles. The smallest absolute Gasteiger partial charge is 0.243 e. The summed E-state index contributed by atoms with van der Waals surface area (Å²) in [6, 6.07) is 2.79. The highest BCUT2D eigenvalue weighted by Gasteiger charge is 2.17. The van der Waals surface area contributed by atoms with Crippen molar-refractivity contribution in [1.82, 2.24) is 10.3 Å². The summed E-state index contributed by atoms with van der Waals surface area (Å²) < 4.78 is 0.536. The van der Waals surface area contributed by atoms with Gasteiger partial charge in [-0.05, 0) is 34.0 Å². The van der Waals surface area contributed by atoms with Crippen LogP contribution in [0.25, 0.3) is 0 Å². The molecule has 19 heavy (non-hydrogen) atoms. The molecule has 1 rings (SSSR count). The topological polar surface area (TPSA) is 97.1 Å². The van der Waals surface area contributed by atoms with Crippen LogP contribution in [0.2, 0.25) is 0 Å². The minimum Gasteiger partial charge on any atom is -0.346 e. The van der Waals surface area contributed by atoms with E-state index in [0.717, 1.165) is 0 Å². The lowest BCUT2D eigenvalue weighted by molar-refractivity contribution is -0.125. The third-order valence-electron chi connectivity index (χ3n) is 2.48. The lowest BCUT2D eigenvalue weighted by Gasteiger charge is -2.15. The van der Waals surface area contributed by atoms with E-state index in [1.54, 1.807) is 18.3 Å². The molecule has 1 aromatic heterocycles. The number of nitrogens with two attached hydrogens (primary N) is 1. The molecule has 4 N–H and O–H groups in total. The molecule has 0 spiro atoms. The number of nitrogens with zero attached hydrogens (tertiary/aromatic N) is 1. The maximum absolute atomic E-state index is 11.6. The fraction of sp³-hybridized carbons (Fsp3) is 0.417. The average Bonchev–Trinajstić information content (AvgIpc) is 2.37. The molecule has 0 fully saturated rings. The zero-order chi connectivity index (χ0) is 14.4. The van der Waals surface area contributed by atoms with E-state index in [1.165, 1.54) is 0 Å². The van der Waals surface area contributed by atoms with Crippen molar-refractivity contribution in [2.45, 2.75) is 19.9 Å². The summed E-state index contributed by atoms with van der Waals surface area (Å²) in [6.07, 6.45) is 1.60. The molecule has 0 aromatic carbocycles. The summed E-state index contributed by atoms with van der Waals surface area (Å²) in [7, 11) is 0. The van der Waals surface area contributed by atoms with Gasteiger partial charge in [-0.15, -0.1) is 0 Å². The summed E-state index contributed by atoms with van der Waals surface area (Å²) in [6.45, 7) is 3.56. The van der Waals surface area contributed by atoms with Crippen LogP contribution in [0.3, 0.4) is 0 Å². The quantitative estimate of drug-likeness (QED) is 0.699. The number of nitrogens with one attached hydrogen (secondary N) is 2. The summed E-state index contributed by atoms with van der Waals surface area (Å²) in [5.74, 6) is -0.649. The van der Waals surface area contributed by atoms with E-state index in [1.807, 2.05) is 13.8 Å². The van der Waals surface area contributed by atoms with E-state index in [2.05, 4.69) is 31.5 Å². The van der Waals surface area contributed by atoms with Crippen molar-refractivity contribution < 1.29 is 9.59 Å². The second-order valence-electron chi connectivity index (χ2n) is 4.38. The number of halogens is 1. The summed E-state index contributed by atoms with van der Waals surface area (Å²) in [4.78, 5) is 27.2. The number of amides is 2. The number of hydrogen-bond acceptors (Lipinski definition) is 4. The number of hydrogen-bond donors (Lipinski definition) is 3. The van der Waals surface area contributed by atoms with Gasteiger partial charge in [-0.25, -0.2) is 4.98 Å². The fourth-order valence-corrected chi connectivity index (χ4v) is 1.61. The Kier molecular flexibility index (Phi) is 5.91. The second-order valence-corrected chi connectivity index (χ2v) is 5.13. The van der Waals surface area contributed by atoms with E-state index >= 15 is 0 Å². The van der Waals surface area contributed by atoms with Gasteiger partial charge in [0.05, 0.1) is 18.3 Å². The van der Waals surface area contributed by atoms with Crippen LogP contribution in [0.15, 0.2) is 22.9 Å². The number of anilines is 1. The van der Waals surface area contributed by atoms with Gasteiger partial charge in [-0.2, -0.15) is 0 Å². The molecule has 6 nitrogen and oxygen atoms in total. The zero-order valence-electron chi connectivity index (χ0n) is 10.8. The SMILES string of the molecule is CC(C)[C@H](N)C(=O)NCC(=O)Nc1cccnc1Br. The molecule has 0 bridgehead atoms. The monoisotopic (exact) mass is 328 g/mol. The van der Waals surface area contributed by atoms with Crippen LogP contribution in [0, 0.1) is 5.92 Å². The molecular weight excluding hydrogens is 312 g/mol. The van der Waals surface area contributed by atoms with Crippen LogP contribution in [-0.2, 0) is 9.59 Å². The van der Waals surface area contributed by atoms with Gasteiger partial charge in [-0.1, -0.05) is 13.8 Å². The van der Waals surface area contributed by atoms with Crippen molar-refractivity contribution in [2.24, 2.45) is 11.7 Å². The second kappa shape index (κ2) is 7.20. The van der Waals surface area contributed by atoms with Crippen LogP contribution in [0.4, 0.5) is 5.69 Å².